The Labute approximate surface area is 169 Å². The predicted octanol–water partition coefficient (Wildman–Crippen LogP) is 3.25. The minimum Gasteiger partial charge on any atom is -0.391 e. The molecule has 1 aromatic heterocycles. The van der Waals surface area contributed by atoms with Gasteiger partial charge in [-0.3, -0.25) is 4.79 Å². The minimum absolute atomic E-state index is 0.0853. The van der Waals surface area contributed by atoms with E-state index in [2.05, 4.69) is 15.5 Å². The minimum atomic E-state index is -0.453. The van der Waals surface area contributed by atoms with E-state index in [-0.39, 0.29) is 5.91 Å². The van der Waals surface area contributed by atoms with Crippen LogP contribution in [0.3, 0.4) is 0 Å². The van der Waals surface area contributed by atoms with E-state index in [0.29, 0.717) is 42.6 Å². The molecule has 1 unspecified atom stereocenters. The molecule has 1 aliphatic rings. The normalized spacial score (nSPS) is 16.6. The Morgan fingerprint density at radius 2 is 2.14 bits per heavy atom. The summed E-state index contributed by atoms with van der Waals surface area (Å²) in [5, 5.41) is 17.2. The number of nitrogens with zero attached hydrogens (tertiary/aromatic N) is 3. The molecule has 1 fully saturated rings. The van der Waals surface area contributed by atoms with Gasteiger partial charge in [-0.05, 0) is 38.0 Å². The van der Waals surface area contributed by atoms with Gasteiger partial charge < -0.3 is 19.8 Å². The summed E-state index contributed by atoms with van der Waals surface area (Å²) in [6, 6.07) is 15.3. The molecule has 4 rings (SSSR count). The molecular formula is C22H24N4O3. The maximum Gasteiger partial charge on any atom is 0.256 e. The highest BCUT2D eigenvalue weighted by Gasteiger charge is 2.24. The fraction of sp³-hybridized carbons (Fsp3) is 0.318. The molecule has 2 N–H and O–H groups in total. The first-order valence-corrected chi connectivity index (χ1v) is 9.80. The van der Waals surface area contributed by atoms with E-state index in [1.54, 1.807) is 11.0 Å². The second-order valence-electron chi connectivity index (χ2n) is 7.33. The topological polar surface area (TPSA) is 91.5 Å². The van der Waals surface area contributed by atoms with Crippen LogP contribution < -0.4 is 5.32 Å². The summed E-state index contributed by atoms with van der Waals surface area (Å²) < 4.78 is 5.36. The number of para-hydroxylation sites is 1. The number of amides is 1. The molecule has 29 heavy (non-hydrogen) atoms. The predicted molar refractivity (Wildman–Crippen MR) is 109 cm³/mol. The van der Waals surface area contributed by atoms with Gasteiger partial charge in [-0.1, -0.05) is 41.1 Å². The zero-order chi connectivity index (χ0) is 20.2. The van der Waals surface area contributed by atoms with Gasteiger partial charge in [-0.2, -0.15) is 4.98 Å². The molecule has 3 aromatic rings. The zero-order valence-electron chi connectivity index (χ0n) is 16.3. The SMILES string of the molecule is Cc1cccc(-c2noc(CNc3ccccc3C(=O)N3CCCC(O)C3)n2)c1. The van der Waals surface area contributed by atoms with Crippen molar-refractivity contribution in [2.45, 2.75) is 32.4 Å². The zero-order valence-corrected chi connectivity index (χ0v) is 16.3. The molecule has 1 amide bonds. The molecule has 0 aliphatic carbocycles. The highest BCUT2D eigenvalue weighted by atomic mass is 16.5. The van der Waals surface area contributed by atoms with Gasteiger partial charge in [0.05, 0.1) is 18.2 Å². The van der Waals surface area contributed by atoms with E-state index in [1.807, 2.05) is 49.4 Å². The monoisotopic (exact) mass is 392 g/mol. The van der Waals surface area contributed by atoms with Crippen LogP contribution in [0.25, 0.3) is 11.4 Å². The lowest BCUT2D eigenvalue weighted by Gasteiger charge is -2.30. The van der Waals surface area contributed by atoms with Gasteiger partial charge in [-0.25, -0.2) is 0 Å². The lowest BCUT2D eigenvalue weighted by Crippen LogP contribution is -2.42. The Morgan fingerprint density at radius 3 is 2.97 bits per heavy atom. The number of β-amino-alcohol motifs (C(OH)–C–C–N with tert-alkyl or cyclic N) is 1. The molecule has 150 valence electrons. The Kier molecular flexibility index (Phi) is 5.57. The number of aliphatic hydroxyl groups is 1. The summed E-state index contributed by atoms with van der Waals surface area (Å²) in [6.07, 6.45) is 1.10. The number of aliphatic hydroxyl groups excluding tert-OH is 1. The quantitative estimate of drug-likeness (QED) is 0.693. The summed E-state index contributed by atoms with van der Waals surface area (Å²) in [5.74, 6) is 0.896. The van der Waals surface area contributed by atoms with Crippen LogP contribution in [0.15, 0.2) is 53.1 Å². The molecule has 7 nitrogen and oxygen atoms in total. The number of carbonyl (C=O) groups is 1. The molecule has 0 radical (unpaired) electrons. The van der Waals surface area contributed by atoms with Crippen molar-refractivity contribution in [2.24, 2.45) is 0 Å². The van der Waals surface area contributed by atoms with Crippen molar-refractivity contribution < 1.29 is 14.4 Å². The van der Waals surface area contributed by atoms with E-state index >= 15 is 0 Å². The molecule has 0 saturated carbocycles. The number of piperidine rings is 1. The number of nitrogens with one attached hydrogen (secondary N) is 1. The number of hydrogen-bond donors (Lipinski definition) is 2. The van der Waals surface area contributed by atoms with Crippen molar-refractivity contribution >= 4 is 11.6 Å². The lowest BCUT2D eigenvalue weighted by atomic mass is 10.1. The average molecular weight is 392 g/mol. The lowest BCUT2D eigenvalue weighted by molar-refractivity contribution is 0.0474. The largest absolute Gasteiger partial charge is 0.391 e. The standard InChI is InChI=1S/C22H24N4O3/c1-15-6-4-7-16(12-15)21-24-20(29-25-21)13-23-19-10-3-2-9-18(19)22(28)26-11-5-8-17(27)14-26/h2-4,6-7,9-10,12,17,23,27H,5,8,11,13-14H2,1H3. The third-order valence-electron chi connectivity index (χ3n) is 5.02. The summed E-state index contributed by atoms with van der Waals surface area (Å²) in [4.78, 5) is 19.1. The summed E-state index contributed by atoms with van der Waals surface area (Å²) in [7, 11) is 0. The van der Waals surface area contributed by atoms with Crippen molar-refractivity contribution in [3.05, 3.63) is 65.5 Å². The Hall–Kier alpha value is -3.19. The number of rotatable bonds is 5. The van der Waals surface area contributed by atoms with E-state index < -0.39 is 6.10 Å². The van der Waals surface area contributed by atoms with Crippen LogP contribution in [0, 0.1) is 6.92 Å². The Bertz CT molecular complexity index is 1000. The van der Waals surface area contributed by atoms with E-state index in [4.69, 9.17) is 4.52 Å². The summed E-state index contributed by atoms with van der Waals surface area (Å²) in [5.41, 5.74) is 3.30. The Morgan fingerprint density at radius 1 is 1.28 bits per heavy atom. The van der Waals surface area contributed by atoms with Gasteiger partial charge in [0.2, 0.25) is 11.7 Å². The van der Waals surface area contributed by atoms with Crippen molar-refractivity contribution in [1.82, 2.24) is 15.0 Å². The fourth-order valence-corrected chi connectivity index (χ4v) is 3.53. The van der Waals surface area contributed by atoms with Gasteiger partial charge in [0.25, 0.3) is 5.91 Å². The maximum atomic E-state index is 12.9. The molecule has 0 bridgehead atoms. The summed E-state index contributed by atoms with van der Waals surface area (Å²) in [6.45, 7) is 3.36. The Balaban J connectivity index is 1.46. The smallest absolute Gasteiger partial charge is 0.256 e. The van der Waals surface area contributed by atoms with Crippen molar-refractivity contribution in [3.63, 3.8) is 0 Å². The molecule has 1 atom stereocenters. The number of carbonyl (C=O) groups excluding carboxylic acids is 1. The molecular weight excluding hydrogens is 368 g/mol. The van der Waals surface area contributed by atoms with Gasteiger partial charge in [-0.15, -0.1) is 0 Å². The third-order valence-corrected chi connectivity index (χ3v) is 5.02. The van der Waals surface area contributed by atoms with Crippen LogP contribution in [0.2, 0.25) is 0 Å². The summed E-state index contributed by atoms with van der Waals surface area (Å²) >= 11 is 0. The molecule has 2 heterocycles. The molecule has 1 aliphatic heterocycles. The highest BCUT2D eigenvalue weighted by Crippen LogP contribution is 2.22. The molecule has 2 aromatic carbocycles. The molecule has 0 spiro atoms. The van der Waals surface area contributed by atoms with Gasteiger partial charge in [0.15, 0.2) is 0 Å². The first-order valence-electron chi connectivity index (χ1n) is 9.80. The van der Waals surface area contributed by atoms with E-state index in [0.717, 1.165) is 24.0 Å². The maximum absolute atomic E-state index is 12.9. The molecule has 1 saturated heterocycles. The van der Waals surface area contributed by atoms with Crippen molar-refractivity contribution in [1.29, 1.82) is 0 Å². The van der Waals surface area contributed by atoms with Crippen molar-refractivity contribution in [2.75, 3.05) is 18.4 Å². The van der Waals surface area contributed by atoms with Crippen LogP contribution in [0.5, 0.6) is 0 Å². The number of hydrogen-bond acceptors (Lipinski definition) is 6. The number of aryl methyl sites for hydroxylation is 1. The van der Waals surface area contributed by atoms with Crippen LogP contribution in [0.1, 0.15) is 34.7 Å². The van der Waals surface area contributed by atoms with Gasteiger partial charge >= 0.3 is 0 Å². The van der Waals surface area contributed by atoms with Gasteiger partial charge in [0, 0.05) is 24.3 Å². The van der Waals surface area contributed by atoms with Crippen LogP contribution >= 0.6 is 0 Å². The van der Waals surface area contributed by atoms with E-state index in [9.17, 15) is 9.90 Å². The molecule has 7 heteroatoms. The third kappa shape index (κ3) is 4.46. The first-order chi connectivity index (χ1) is 14.1. The highest BCUT2D eigenvalue weighted by molar-refractivity contribution is 5.99. The second kappa shape index (κ2) is 8.45. The number of benzene rings is 2. The number of aromatic nitrogens is 2. The number of likely N-dealkylation sites (tertiary alicyclic amines) is 1. The van der Waals surface area contributed by atoms with Crippen LogP contribution in [-0.2, 0) is 6.54 Å². The van der Waals surface area contributed by atoms with Crippen LogP contribution in [0.4, 0.5) is 5.69 Å². The first kappa shape index (κ1) is 19.1. The number of anilines is 1. The van der Waals surface area contributed by atoms with E-state index in [1.165, 1.54) is 0 Å². The fourth-order valence-electron chi connectivity index (χ4n) is 3.53. The average Bonchev–Trinajstić information content (AvgIpc) is 3.21. The van der Waals surface area contributed by atoms with Gasteiger partial charge in [0.1, 0.15) is 0 Å². The van der Waals surface area contributed by atoms with Crippen LogP contribution in [-0.4, -0.2) is 45.2 Å². The van der Waals surface area contributed by atoms with Crippen molar-refractivity contribution in [3.8, 4) is 11.4 Å². The second-order valence-corrected chi connectivity index (χ2v) is 7.33.